The average molecular weight is 1350 g/mol. The third-order valence-corrected chi connectivity index (χ3v) is 24.8. The van der Waals surface area contributed by atoms with Crippen molar-refractivity contribution < 1.29 is 8.83 Å². The van der Waals surface area contributed by atoms with Gasteiger partial charge >= 0.3 is 0 Å². The minimum absolute atomic E-state index is 0.00439. The minimum atomic E-state index is -0.0188. The van der Waals surface area contributed by atoms with Crippen molar-refractivity contribution in [3.05, 3.63) is 338 Å². The molecule has 0 bridgehead atoms. The molecule has 26 rings (SSSR count). The average Bonchev–Trinajstić information content (AvgIpc) is 1.53. The van der Waals surface area contributed by atoms with Crippen LogP contribution < -0.4 is 0 Å². The third-order valence-electron chi connectivity index (χ3n) is 24.8. The van der Waals surface area contributed by atoms with Crippen LogP contribution in [0, 0.1) is 0 Å². The highest BCUT2D eigenvalue weighted by molar-refractivity contribution is 6.39. The van der Waals surface area contributed by atoms with Crippen molar-refractivity contribution >= 4 is 120 Å². The molecule has 0 atom stereocenters. The van der Waals surface area contributed by atoms with Crippen LogP contribution in [0.2, 0.25) is 0 Å². The molecule has 4 aromatic heterocycles. The molecule has 17 aromatic carbocycles. The number of fused-ring (bicyclic) bond motifs is 3. The van der Waals surface area contributed by atoms with E-state index in [2.05, 4.69) is 352 Å². The summed E-state index contributed by atoms with van der Waals surface area (Å²) in [6.45, 7) is 9.53. The number of aromatic nitrogens is 2. The number of benzene rings is 17. The van der Waals surface area contributed by atoms with Crippen LogP contribution in [0.1, 0.15) is 49.9 Å². The number of furan rings is 2. The highest BCUT2D eigenvalue weighted by atomic mass is 16.3. The lowest BCUT2D eigenvalue weighted by Gasteiger charge is -2.22. The van der Waals surface area contributed by atoms with Gasteiger partial charge in [-0.3, -0.25) is 0 Å². The lowest BCUT2D eigenvalue weighted by Crippen LogP contribution is -2.14. The second kappa shape index (κ2) is 20.8. The number of para-hydroxylation sites is 1. The predicted molar refractivity (Wildman–Crippen MR) is 443 cm³/mol. The zero-order chi connectivity index (χ0) is 69.7. The number of nitrogens with zero attached hydrogens (tertiary/aromatic N) is 2. The van der Waals surface area contributed by atoms with Crippen molar-refractivity contribution in [3.8, 4) is 100 Å². The molecule has 0 fully saturated rings. The number of rotatable bonds is 5. The Balaban J connectivity index is 0.0000000945. The second-order valence-corrected chi connectivity index (χ2v) is 30.8. The van der Waals surface area contributed by atoms with Crippen molar-refractivity contribution in [2.24, 2.45) is 0 Å². The Bertz CT molecular complexity index is 7540. The molecule has 0 unspecified atom stereocenters. The van der Waals surface area contributed by atoms with E-state index in [1.165, 1.54) is 220 Å². The van der Waals surface area contributed by atoms with Gasteiger partial charge in [0.05, 0.1) is 22.1 Å². The molecule has 0 saturated heterocycles. The fourth-order valence-electron chi connectivity index (χ4n) is 20.3. The van der Waals surface area contributed by atoms with E-state index in [0.717, 1.165) is 22.3 Å². The van der Waals surface area contributed by atoms with Crippen LogP contribution in [0.5, 0.6) is 0 Å². The number of hydrogen-bond donors (Lipinski definition) is 0. The molecule has 494 valence electrons. The SMILES string of the molecule is CC1(C)c2cccc3c2-c2c1ccc1ccc4c(c21)c1c-3cccc1n4-c1cccc(-c2ccccc2)c1.CC1(C)c2cccc3c2-c2c1ccc1ccc4c(c21)c1c-3cccc1n4-c1ccccc1.c1ccc(-c2cccc(-c3ccc4oc5ccc6ccc7oc8cccc9c8c7c6c5c4c3-9)c2)cc1. The van der Waals surface area contributed by atoms with Gasteiger partial charge in [0.2, 0.25) is 0 Å². The van der Waals surface area contributed by atoms with Crippen LogP contribution in [0.15, 0.2) is 324 Å². The summed E-state index contributed by atoms with van der Waals surface area (Å²) in [6.07, 6.45) is 0. The van der Waals surface area contributed by atoms with E-state index in [0.29, 0.717) is 0 Å². The van der Waals surface area contributed by atoms with Crippen molar-refractivity contribution in [3.63, 3.8) is 0 Å². The molecule has 5 aliphatic carbocycles. The second-order valence-electron chi connectivity index (χ2n) is 30.8. The first-order valence-corrected chi connectivity index (χ1v) is 37.1. The standard InChI is InChI=1S/C37H25N.C34H18O2.C31H21N/c1-37(2)28-15-7-13-26-27-14-8-16-30-34(27)36-31(20-18-23-17-19-29(37)35(32(23)36)33(26)28)38(30)25-12-6-11-24(21-25)22-9-4-3-5-10-22;1-2-6-19(7-3-1)21-8-4-9-22(18-21)23-14-17-28-34-30(23)24-10-5-11-25-31(24)32-26(35-25)15-12-20-13-16-27(36-28)33(34)29(20)32;1-31(2)22-12-6-10-20-21-11-7-13-24-28(21)30-25(32(24)19-8-4-3-5-9-19)17-15-18-14-16-23(31)29(26(18)30)27(20)22/h3-21H,1-2H3;1-18H;3-17H,1-2H3. The van der Waals surface area contributed by atoms with E-state index in [9.17, 15) is 0 Å². The molecule has 106 heavy (non-hydrogen) atoms. The topological polar surface area (TPSA) is 36.1 Å². The fourth-order valence-corrected chi connectivity index (χ4v) is 20.3. The molecule has 0 saturated carbocycles. The maximum atomic E-state index is 6.45. The largest absolute Gasteiger partial charge is 0.456 e. The Morgan fingerprint density at radius 2 is 0.604 bits per heavy atom. The van der Waals surface area contributed by atoms with Gasteiger partial charge in [0.15, 0.2) is 0 Å². The van der Waals surface area contributed by atoms with Gasteiger partial charge in [-0.2, -0.15) is 0 Å². The van der Waals surface area contributed by atoms with Crippen LogP contribution in [0.3, 0.4) is 0 Å². The highest BCUT2D eigenvalue weighted by Crippen LogP contribution is 2.62. The first-order chi connectivity index (χ1) is 52.1. The molecule has 5 aliphatic rings. The smallest absolute Gasteiger partial charge is 0.136 e. The van der Waals surface area contributed by atoms with E-state index in [4.69, 9.17) is 8.83 Å². The normalized spacial score (nSPS) is 13.8. The maximum Gasteiger partial charge on any atom is 0.136 e. The minimum Gasteiger partial charge on any atom is -0.456 e. The zero-order valence-electron chi connectivity index (χ0n) is 58.7. The predicted octanol–water partition coefficient (Wildman–Crippen LogP) is 28.1. The lowest BCUT2D eigenvalue weighted by molar-refractivity contribution is 0.661. The van der Waals surface area contributed by atoms with E-state index in [1.54, 1.807) is 0 Å². The quantitative estimate of drug-likeness (QED) is 0.172. The van der Waals surface area contributed by atoms with Crippen molar-refractivity contribution in [2.75, 3.05) is 0 Å². The molecular formula is C102H64N2O2. The molecule has 4 heterocycles. The Hall–Kier alpha value is -13.3. The van der Waals surface area contributed by atoms with Crippen LogP contribution in [0.4, 0.5) is 0 Å². The monoisotopic (exact) mass is 1350 g/mol. The molecule has 21 aromatic rings. The first kappa shape index (κ1) is 58.2. The van der Waals surface area contributed by atoms with Gasteiger partial charge in [-0.15, -0.1) is 0 Å². The zero-order valence-corrected chi connectivity index (χ0v) is 58.7. The summed E-state index contributed by atoms with van der Waals surface area (Å²) in [6, 6.07) is 115. The van der Waals surface area contributed by atoms with Gasteiger partial charge in [-0.1, -0.05) is 264 Å². The molecular weight excluding hydrogens is 1290 g/mol. The van der Waals surface area contributed by atoms with Crippen molar-refractivity contribution in [1.29, 1.82) is 0 Å². The maximum absolute atomic E-state index is 6.45. The Labute approximate surface area is 610 Å². The molecule has 4 nitrogen and oxygen atoms in total. The van der Waals surface area contributed by atoms with Gasteiger partial charge in [0, 0.05) is 76.2 Å². The highest BCUT2D eigenvalue weighted by Gasteiger charge is 2.42. The Kier molecular flexibility index (Phi) is 11.4. The van der Waals surface area contributed by atoms with Gasteiger partial charge in [0.25, 0.3) is 0 Å². The van der Waals surface area contributed by atoms with E-state index < -0.39 is 0 Å². The van der Waals surface area contributed by atoms with Crippen LogP contribution in [0.25, 0.3) is 220 Å². The summed E-state index contributed by atoms with van der Waals surface area (Å²) in [4.78, 5) is 0. The summed E-state index contributed by atoms with van der Waals surface area (Å²) in [5.41, 5.74) is 37.9. The van der Waals surface area contributed by atoms with E-state index in [-0.39, 0.29) is 10.8 Å². The summed E-state index contributed by atoms with van der Waals surface area (Å²) in [7, 11) is 0. The summed E-state index contributed by atoms with van der Waals surface area (Å²) >= 11 is 0. The van der Waals surface area contributed by atoms with Crippen LogP contribution in [-0.4, -0.2) is 9.13 Å². The summed E-state index contributed by atoms with van der Waals surface area (Å²) in [5, 5.41) is 18.2. The fraction of sp³-hybridized carbons (Fsp3) is 0.0588. The van der Waals surface area contributed by atoms with Gasteiger partial charge < -0.3 is 18.0 Å². The Morgan fingerprint density at radius 3 is 1.20 bits per heavy atom. The number of hydrogen-bond acceptors (Lipinski definition) is 2. The molecule has 0 amide bonds. The molecule has 0 aliphatic heterocycles. The molecule has 4 heteroatoms. The van der Waals surface area contributed by atoms with Gasteiger partial charge in [-0.25, -0.2) is 0 Å². The molecule has 0 N–H and O–H groups in total. The van der Waals surface area contributed by atoms with E-state index in [1.807, 2.05) is 0 Å². The summed E-state index contributed by atoms with van der Waals surface area (Å²) in [5.74, 6) is 0. The first-order valence-electron chi connectivity index (χ1n) is 37.1. The Morgan fingerprint density at radius 1 is 0.208 bits per heavy atom. The molecule has 0 radical (unpaired) electrons. The van der Waals surface area contributed by atoms with Crippen LogP contribution in [-0.2, 0) is 10.8 Å². The van der Waals surface area contributed by atoms with Gasteiger partial charge in [0.1, 0.15) is 22.3 Å². The van der Waals surface area contributed by atoms with Crippen molar-refractivity contribution in [2.45, 2.75) is 38.5 Å². The lowest BCUT2D eigenvalue weighted by atomic mass is 9.81. The van der Waals surface area contributed by atoms with Crippen LogP contribution >= 0.6 is 0 Å². The van der Waals surface area contributed by atoms with Crippen molar-refractivity contribution in [1.82, 2.24) is 9.13 Å². The van der Waals surface area contributed by atoms with E-state index >= 15 is 0 Å². The molecule has 0 spiro atoms. The third kappa shape index (κ3) is 7.52. The summed E-state index contributed by atoms with van der Waals surface area (Å²) < 4.78 is 17.8. The van der Waals surface area contributed by atoms with Gasteiger partial charge in [-0.05, 0) is 211 Å².